The van der Waals surface area contributed by atoms with Crippen LogP contribution in [0, 0.1) is 0 Å². The number of fused-ring (bicyclic) bond motifs is 8. The van der Waals surface area contributed by atoms with Crippen LogP contribution in [0.3, 0.4) is 0 Å². The van der Waals surface area contributed by atoms with Crippen molar-refractivity contribution in [1.82, 2.24) is 0 Å². The van der Waals surface area contributed by atoms with Gasteiger partial charge in [0.1, 0.15) is 11.2 Å². The minimum Gasteiger partial charge on any atom is -0.456 e. The molecule has 0 saturated heterocycles. The normalized spacial score (nSPS) is 21.9. The van der Waals surface area contributed by atoms with Crippen LogP contribution in [0.5, 0.6) is 0 Å². The second-order valence-corrected chi connectivity index (χ2v) is 10.1. The quantitative estimate of drug-likeness (QED) is 0.181. The summed E-state index contributed by atoms with van der Waals surface area (Å²) in [6, 6.07) is -25.1. The van der Waals surface area contributed by atoms with Crippen LogP contribution in [0.15, 0.2) is 162 Å². The molecule has 0 amide bonds. The summed E-state index contributed by atoms with van der Waals surface area (Å²) in [4.78, 5) is 0. The van der Waals surface area contributed by atoms with Gasteiger partial charge in [0.2, 0.25) is 0 Å². The summed E-state index contributed by atoms with van der Waals surface area (Å²) < 4.78 is 259. The third-order valence-electron chi connectivity index (χ3n) is 7.76. The molecule has 214 valence electrons. The zero-order chi connectivity index (χ0) is 54.6. The Morgan fingerprint density at radius 2 is 0.957 bits per heavy atom. The Hall–Kier alpha value is -5.92. The molecule has 1 heteroatoms. The molecule has 0 saturated carbocycles. The van der Waals surface area contributed by atoms with Gasteiger partial charge < -0.3 is 4.42 Å². The zero-order valence-corrected chi connectivity index (χ0v) is 22.9. The molecular weight excluding hydrogens is 556 g/mol. The number of hydrogen-bond donors (Lipinski definition) is 0. The van der Waals surface area contributed by atoms with Crippen LogP contribution in [0.1, 0.15) is 49.5 Å². The van der Waals surface area contributed by atoms with Gasteiger partial charge in [-0.05, 0) is 102 Å². The van der Waals surface area contributed by atoms with E-state index in [2.05, 4.69) is 0 Å². The van der Waals surface area contributed by atoms with E-state index in [0.29, 0.717) is 0 Å². The fourth-order valence-corrected chi connectivity index (χ4v) is 5.92. The summed E-state index contributed by atoms with van der Waals surface area (Å²) in [6.45, 7) is 0. The number of para-hydroxylation sites is 1. The molecule has 8 aromatic carbocycles. The molecule has 0 atom stereocenters. The van der Waals surface area contributed by atoms with Crippen LogP contribution in [0.25, 0.3) is 88.0 Å². The van der Waals surface area contributed by atoms with Gasteiger partial charge in [0.05, 0.1) is 35.6 Å². The highest BCUT2D eigenvalue weighted by atomic mass is 16.3. The maximum atomic E-state index is 9.99. The Kier molecular flexibility index (Phi) is 2.19. The standard InChI is InChI=1S/C45H28O/c1-2-16-32-28(12-1)26-30-15-10-22-33(42(30)32)29-13-9-14-31(27-29)43-34-17-3-5-19-36(34)44(37-20-6-4-18-35(37)43)39-23-11-25-41-45(39)38-21-7-8-24-40(38)46-41/h1-25,27H,26H2/i1D,2D,3D,4D,5D,6D,7D,8D,9D,10D,11D,12D,13D,14D,15D,16D,17D,18D,19D,20D,21D,22D,23D,24D,25D,26D2,27D. The molecule has 1 aromatic heterocycles. The van der Waals surface area contributed by atoms with E-state index in [4.69, 9.17) is 29.1 Å². The maximum Gasteiger partial charge on any atom is 0.136 e. The first-order valence-electron chi connectivity index (χ1n) is 27.7. The van der Waals surface area contributed by atoms with Crippen molar-refractivity contribution in [3.63, 3.8) is 0 Å². The Bertz CT molecular complexity index is 4150. The molecule has 0 aliphatic heterocycles. The minimum atomic E-state index is -3.01. The van der Waals surface area contributed by atoms with E-state index >= 15 is 0 Å². The number of hydrogen-bond acceptors (Lipinski definition) is 1. The Labute approximate surface area is 306 Å². The molecule has 9 aromatic rings. The summed E-state index contributed by atoms with van der Waals surface area (Å²) in [5.74, 6) is 0. The first-order chi connectivity index (χ1) is 34.4. The van der Waals surface area contributed by atoms with Gasteiger partial charge in [-0.25, -0.2) is 0 Å². The molecule has 1 aliphatic rings. The second-order valence-electron chi connectivity index (χ2n) is 10.1. The van der Waals surface area contributed by atoms with Crippen molar-refractivity contribution in [2.75, 3.05) is 0 Å². The SMILES string of the molecule is [2H]c1c([2H])c(-c2c([2H])c([2H])c([2H])c3c2-c2c([2H])c([2H])c([2H])c([2H])c2C3([2H])[2H])c([2H])c(-c2c3c([2H])c([2H])c([2H])c([2H])c3c(-c3c([2H])c([2H])c([2H])c4oc5c([2H])c([2H])c([2H])c([2H])c5c34)c3c([2H])c([2H])c([2H])c([2H])c23)c1[2H]. The van der Waals surface area contributed by atoms with Crippen LogP contribution in [0.2, 0.25) is 0 Å². The molecular formula is C45H28O. The van der Waals surface area contributed by atoms with Crippen molar-refractivity contribution < 1.29 is 42.8 Å². The highest BCUT2D eigenvalue weighted by Gasteiger charge is 2.23. The van der Waals surface area contributed by atoms with E-state index in [1.165, 1.54) is 0 Å². The van der Waals surface area contributed by atoms with Crippen molar-refractivity contribution in [3.05, 3.63) is 168 Å². The van der Waals surface area contributed by atoms with Crippen LogP contribution in [-0.2, 0) is 6.37 Å². The summed E-state index contributed by atoms with van der Waals surface area (Å²) in [6.07, 6.45) is -3.01. The van der Waals surface area contributed by atoms with E-state index in [1.54, 1.807) is 0 Å². The first-order valence-corrected chi connectivity index (χ1v) is 13.7. The third kappa shape index (κ3) is 3.63. The molecule has 0 N–H and O–H groups in total. The van der Waals surface area contributed by atoms with Crippen molar-refractivity contribution in [2.24, 2.45) is 0 Å². The van der Waals surface area contributed by atoms with Gasteiger partial charge in [0, 0.05) is 13.5 Å². The summed E-state index contributed by atoms with van der Waals surface area (Å²) in [5.41, 5.74) is -8.79. The van der Waals surface area contributed by atoms with E-state index in [-0.39, 0.29) is 0 Å². The topological polar surface area (TPSA) is 13.1 Å². The van der Waals surface area contributed by atoms with Crippen molar-refractivity contribution in [3.8, 4) is 44.5 Å². The highest BCUT2D eigenvalue weighted by Crippen LogP contribution is 2.48. The Morgan fingerprint density at radius 1 is 0.413 bits per heavy atom. The molecule has 0 spiro atoms. The van der Waals surface area contributed by atoms with Gasteiger partial charge >= 0.3 is 0 Å². The monoisotopic (exact) mass is 612 g/mol. The molecule has 10 rings (SSSR count). The molecule has 46 heavy (non-hydrogen) atoms. The van der Waals surface area contributed by atoms with Crippen molar-refractivity contribution in [2.45, 2.75) is 6.37 Å². The average Bonchev–Trinajstić information content (AvgIpc) is 3.87. The maximum absolute atomic E-state index is 9.99. The first kappa shape index (κ1) is 10.3. The zero-order valence-electron chi connectivity index (χ0n) is 50.9. The third-order valence-corrected chi connectivity index (χ3v) is 7.76. The van der Waals surface area contributed by atoms with Gasteiger partial charge in [0.25, 0.3) is 0 Å². The molecule has 1 aliphatic carbocycles. The predicted molar refractivity (Wildman–Crippen MR) is 193 cm³/mol. The number of benzene rings is 8. The summed E-state index contributed by atoms with van der Waals surface area (Å²) >= 11 is 0. The molecule has 0 radical (unpaired) electrons. The van der Waals surface area contributed by atoms with E-state index in [0.717, 1.165) is 0 Å². The lowest BCUT2D eigenvalue weighted by atomic mass is 9.84. The molecule has 0 fully saturated rings. The van der Waals surface area contributed by atoms with E-state index < -0.39 is 263 Å². The molecule has 0 bridgehead atoms. The van der Waals surface area contributed by atoms with Crippen molar-refractivity contribution >= 4 is 43.5 Å². The van der Waals surface area contributed by atoms with E-state index in [1.807, 2.05) is 0 Å². The summed E-state index contributed by atoms with van der Waals surface area (Å²) in [5, 5.41) is -4.07. The smallest absolute Gasteiger partial charge is 0.136 e. The Morgan fingerprint density at radius 3 is 1.76 bits per heavy atom. The Balaban J connectivity index is 1.52. The number of rotatable bonds is 3. The lowest BCUT2D eigenvalue weighted by Gasteiger charge is -2.19. The molecule has 0 unspecified atom stereocenters. The van der Waals surface area contributed by atoms with Gasteiger partial charge in [-0.2, -0.15) is 0 Å². The second kappa shape index (κ2) is 9.79. The van der Waals surface area contributed by atoms with Crippen molar-refractivity contribution in [1.29, 1.82) is 0 Å². The van der Waals surface area contributed by atoms with Crippen LogP contribution in [0.4, 0.5) is 0 Å². The van der Waals surface area contributed by atoms with Gasteiger partial charge in [-0.1, -0.05) is 139 Å². The minimum absolute atomic E-state index is 0.492. The van der Waals surface area contributed by atoms with Gasteiger partial charge in [-0.15, -0.1) is 0 Å². The molecule has 1 heterocycles. The highest BCUT2D eigenvalue weighted by molar-refractivity contribution is 6.25. The van der Waals surface area contributed by atoms with Gasteiger partial charge in [0.15, 0.2) is 0 Å². The van der Waals surface area contributed by atoms with Crippen LogP contribution < -0.4 is 0 Å². The predicted octanol–water partition coefficient (Wildman–Crippen LogP) is 12.5. The molecule has 1 nitrogen and oxygen atoms in total. The van der Waals surface area contributed by atoms with Gasteiger partial charge in [-0.3, -0.25) is 0 Å². The lowest BCUT2D eigenvalue weighted by molar-refractivity contribution is 0.669. The number of furan rings is 1. The summed E-state index contributed by atoms with van der Waals surface area (Å²) in [7, 11) is 0. The van der Waals surface area contributed by atoms with E-state index in [9.17, 15) is 13.7 Å². The largest absolute Gasteiger partial charge is 0.456 e. The fraction of sp³-hybridized carbons (Fsp3) is 0.0222. The average molecular weight is 613 g/mol. The fourth-order valence-electron chi connectivity index (χ4n) is 5.92. The lowest BCUT2D eigenvalue weighted by Crippen LogP contribution is -1.92. The van der Waals surface area contributed by atoms with Crippen LogP contribution in [-0.4, -0.2) is 0 Å². The van der Waals surface area contributed by atoms with Crippen LogP contribution >= 0.6 is 0 Å².